The maximum atomic E-state index is 11.2. The molecule has 5 nitrogen and oxygen atoms in total. The second-order valence-electron chi connectivity index (χ2n) is 3.77. The van der Waals surface area contributed by atoms with Crippen LogP contribution in [0.25, 0.3) is 0 Å². The molecule has 0 saturated carbocycles. The fourth-order valence-electron chi connectivity index (χ4n) is 1.63. The van der Waals surface area contributed by atoms with Crippen LogP contribution in [0.5, 0.6) is 0 Å². The SMILES string of the molecule is Cc1nc(N2CCS(=O)CC2)ncc1CO. The second kappa shape index (κ2) is 4.88. The van der Waals surface area contributed by atoms with Gasteiger partial charge in [0.15, 0.2) is 0 Å². The van der Waals surface area contributed by atoms with Gasteiger partial charge in [0.1, 0.15) is 0 Å². The lowest BCUT2D eigenvalue weighted by atomic mass is 10.2. The van der Waals surface area contributed by atoms with E-state index in [4.69, 9.17) is 5.11 Å². The van der Waals surface area contributed by atoms with Crippen molar-refractivity contribution in [2.45, 2.75) is 13.5 Å². The van der Waals surface area contributed by atoms with Crippen molar-refractivity contribution in [1.29, 1.82) is 0 Å². The van der Waals surface area contributed by atoms with Crippen molar-refractivity contribution >= 4 is 16.7 Å². The highest BCUT2D eigenvalue weighted by Gasteiger charge is 2.17. The van der Waals surface area contributed by atoms with E-state index >= 15 is 0 Å². The maximum Gasteiger partial charge on any atom is 0.225 e. The van der Waals surface area contributed by atoms with Gasteiger partial charge >= 0.3 is 0 Å². The lowest BCUT2D eigenvalue weighted by Gasteiger charge is -2.26. The minimum Gasteiger partial charge on any atom is -0.392 e. The summed E-state index contributed by atoms with van der Waals surface area (Å²) >= 11 is 0. The fourth-order valence-corrected chi connectivity index (χ4v) is 2.68. The summed E-state index contributed by atoms with van der Waals surface area (Å²) in [5.41, 5.74) is 1.56. The van der Waals surface area contributed by atoms with E-state index in [2.05, 4.69) is 9.97 Å². The first-order valence-corrected chi connectivity index (χ1v) is 6.73. The van der Waals surface area contributed by atoms with Crippen LogP contribution in [-0.4, -0.2) is 43.9 Å². The molecule has 1 aromatic rings. The van der Waals surface area contributed by atoms with E-state index in [1.54, 1.807) is 6.20 Å². The van der Waals surface area contributed by atoms with Crippen LogP contribution >= 0.6 is 0 Å². The number of hydrogen-bond acceptors (Lipinski definition) is 5. The van der Waals surface area contributed by atoms with Crippen molar-refractivity contribution in [2.24, 2.45) is 0 Å². The zero-order valence-electron chi connectivity index (χ0n) is 9.22. The topological polar surface area (TPSA) is 66.3 Å². The number of anilines is 1. The fraction of sp³-hybridized carbons (Fsp3) is 0.600. The van der Waals surface area contributed by atoms with Gasteiger partial charge in [-0.1, -0.05) is 0 Å². The van der Waals surface area contributed by atoms with Crippen molar-refractivity contribution in [2.75, 3.05) is 29.5 Å². The van der Waals surface area contributed by atoms with Crippen LogP contribution in [0.3, 0.4) is 0 Å². The highest BCUT2D eigenvalue weighted by molar-refractivity contribution is 7.85. The first kappa shape index (κ1) is 11.5. The minimum absolute atomic E-state index is 0.0316. The summed E-state index contributed by atoms with van der Waals surface area (Å²) < 4.78 is 11.2. The van der Waals surface area contributed by atoms with E-state index in [1.165, 1.54) is 0 Å². The van der Waals surface area contributed by atoms with E-state index < -0.39 is 10.8 Å². The molecule has 1 fully saturated rings. The number of hydrogen-bond donors (Lipinski definition) is 1. The van der Waals surface area contributed by atoms with Gasteiger partial charge in [-0.05, 0) is 6.92 Å². The Balaban J connectivity index is 2.15. The van der Waals surface area contributed by atoms with Crippen LogP contribution in [0.2, 0.25) is 0 Å². The van der Waals surface area contributed by atoms with Gasteiger partial charge in [-0.15, -0.1) is 0 Å². The summed E-state index contributed by atoms with van der Waals surface area (Å²) in [6.07, 6.45) is 1.66. The average Bonchev–Trinajstić information content (AvgIpc) is 2.30. The highest BCUT2D eigenvalue weighted by Crippen LogP contribution is 2.13. The quantitative estimate of drug-likeness (QED) is 0.780. The first-order chi connectivity index (χ1) is 7.70. The molecular formula is C10H15N3O2S. The lowest BCUT2D eigenvalue weighted by molar-refractivity contribution is 0.280. The summed E-state index contributed by atoms with van der Waals surface area (Å²) in [5.74, 6) is 2.04. The molecule has 0 bridgehead atoms. The summed E-state index contributed by atoms with van der Waals surface area (Å²) in [6, 6.07) is 0. The third kappa shape index (κ3) is 2.38. The average molecular weight is 241 g/mol. The molecule has 2 rings (SSSR count). The summed E-state index contributed by atoms with van der Waals surface area (Å²) in [6.45, 7) is 3.31. The Bertz CT molecular complexity index is 401. The van der Waals surface area contributed by atoms with E-state index in [1.807, 2.05) is 11.8 Å². The Labute approximate surface area is 97.0 Å². The molecule has 0 amide bonds. The Kier molecular flexibility index (Phi) is 3.50. The van der Waals surface area contributed by atoms with E-state index in [0.717, 1.165) is 24.3 Å². The van der Waals surface area contributed by atoms with Gasteiger partial charge in [0, 0.05) is 52.8 Å². The third-order valence-electron chi connectivity index (χ3n) is 2.70. The summed E-state index contributed by atoms with van der Waals surface area (Å²) in [4.78, 5) is 10.6. The monoisotopic (exact) mass is 241 g/mol. The van der Waals surface area contributed by atoms with Gasteiger partial charge in [0.05, 0.1) is 6.61 Å². The van der Waals surface area contributed by atoms with E-state index in [-0.39, 0.29) is 6.61 Å². The lowest BCUT2D eigenvalue weighted by Crippen LogP contribution is -2.38. The molecule has 1 saturated heterocycles. The van der Waals surface area contributed by atoms with Crippen molar-refractivity contribution in [3.8, 4) is 0 Å². The van der Waals surface area contributed by atoms with Gasteiger partial charge < -0.3 is 10.0 Å². The predicted molar refractivity (Wildman–Crippen MR) is 62.8 cm³/mol. The van der Waals surface area contributed by atoms with E-state index in [9.17, 15) is 4.21 Å². The maximum absolute atomic E-state index is 11.2. The first-order valence-electron chi connectivity index (χ1n) is 5.24. The number of aliphatic hydroxyl groups excluding tert-OH is 1. The normalized spacial score (nSPS) is 17.8. The Hall–Kier alpha value is -1.01. The molecule has 6 heteroatoms. The molecule has 16 heavy (non-hydrogen) atoms. The van der Waals surface area contributed by atoms with Crippen LogP contribution in [0.4, 0.5) is 5.95 Å². The summed E-state index contributed by atoms with van der Waals surface area (Å²) in [7, 11) is -0.683. The smallest absolute Gasteiger partial charge is 0.225 e. The van der Waals surface area contributed by atoms with Gasteiger partial charge in [0.2, 0.25) is 5.95 Å². The third-order valence-corrected chi connectivity index (χ3v) is 3.98. The molecule has 0 unspecified atom stereocenters. The van der Waals surface area contributed by atoms with Crippen LogP contribution in [0, 0.1) is 6.92 Å². The number of nitrogens with zero attached hydrogens (tertiary/aromatic N) is 3. The minimum atomic E-state index is -0.683. The summed E-state index contributed by atoms with van der Waals surface area (Å²) in [5, 5.41) is 9.02. The number of aromatic nitrogens is 2. The highest BCUT2D eigenvalue weighted by atomic mass is 32.2. The molecule has 2 heterocycles. The van der Waals surface area contributed by atoms with Crippen molar-refractivity contribution < 1.29 is 9.32 Å². The predicted octanol–water partition coefficient (Wildman–Crippen LogP) is -0.154. The molecule has 1 aromatic heterocycles. The van der Waals surface area contributed by atoms with Crippen molar-refractivity contribution in [3.05, 3.63) is 17.5 Å². The molecule has 0 spiro atoms. The molecule has 1 aliphatic heterocycles. The van der Waals surface area contributed by atoms with Crippen molar-refractivity contribution in [3.63, 3.8) is 0 Å². The van der Waals surface area contributed by atoms with Crippen LogP contribution in [0.1, 0.15) is 11.3 Å². The zero-order valence-corrected chi connectivity index (χ0v) is 10.0. The van der Waals surface area contributed by atoms with Crippen LogP contribution in [-0.2, 0) is 17.4 Å². The molecule has 1 aliphatic rings. The number of aliphatic hydroxyl groups is 1. The van der Waals surface area contributed by atoms with Gasteiger partial charge in [-0.2, -0.15) is 0 Å². The van der Waals surface area contributed by atoms with E-state index in [0.29, 0.717) is 17.5 Å². The Morgan fingerprint density at radius 2 is 2.19 bits per heavy atom. The van der Waals surface area contributed by atoms with Crippen LogP contribution < -0.4 is 4.90 Å². The molecular weight excluding hydrogens is 226 g/mol. The second-order valence-corrected chi connectivity index (χ2v) is 5.47. The molecule has 0 radical (unpaired) electrons. The molecule has 1 N–H and O–H groups in total. The molecule has 0 atom stereocenters. The number of rotatable bonds is 2. The standard InChI is InChI=1S/C10H15N3O2S/c1-8-9(7-14)6-11-10(12-8)13-2-4-16(15)5-3-13/h6,14H,2-5,7H2,1H3. The van der Waals surface area contributed by atoms with Gasteiger partial charge in [-0.3, -0.25) is 4.21 Å². The number of aryl methyl sites for hydroxylation is 1. The van der Waals surface area contributed by atoms with Gasteiger partial charge in [-0.25, -0.2) is 9.97 Å². The molecule has 0 aromatic carbocycles. The molecule has 88 valence electrons. The Morgan fingerprint density at radius 3 is 2.75 bits per heavy atom. The Morgan fingerprint density at radius 1 is 1.50 bits per heavy atom. The van der Waals surface area contributed by atoms with Crippen molar-refractivity contribution in [1.82, 2.24) is 9.97 Å². The zero-order chi connectivity index (χ0) is 11.5. The van der Waals surface area contributed by atoms with Gasteiger partial charge in [0.25, 0.3) is 0 Å². The largest absolute Gasteiger partial charge is 0.392 e. The molecule has 0 aliphatic carbocycles. The van der Waals surface area contributed by atoms with Crippen LogP contribution in [0.15, 0.2) is 6.20 Å².